The van der Waals surface area contributed by atoms with Crippen LogP contribution in [0.3, 0.4) is 0 Å². The van der Waals surface area contributed by atoms with Crippen molar-refractivity contribution < 1.29 is 22.7 Å². The Morgan fingerprint density at radius 3 is 2.10 bits per heavy atom. The van der Waals surface area contributed by atoms with Crippen molar-refractivity contribution in [3.63, 3.8) is 0 Å². The van der Waals surface area contributed by atoms with Gasteiger partial charge in [-0.1, -0.05) is 27.7 Å². The van der Waals surface area contributed by atoms with Gasteiger partial charge in [-0.15, -0.1) is 0 Å². The van der Waals surface area contributed by atoms with E-state index in [1.807, 2.05) is 20.8 Å². The van der Waals surface area contributed by atoms with Gasteiger partial charge < -0.3 is 10.1 Å². The normalized spacial score (nSPS) is 13.6. The summed E-state index contributed by atoms with van der Waals surface area (Å²) in [6.45, 7) is 13.4. The Hall–Kier alpha value is -1.93. The molecule has 0 aromatic heterocycles. The number of ether oxygens (including phenoxy) is 1. The smallest absolute Gasteiger partial charge is 0.338 e. The molecular formula is C21H34N2O5S. The molecule has 0 fully saturated rings. The van der Waals surface area contributed by atoms with Crippen molar-refractivity contribution in [2.45, 2.75) is 77.8 Å². The Labute approximate surface area is 174 Å². The van der Waals surface area contributed by atoms with Crippen molar-refractivity contribution in [3.05, 3.63) is 29.8 Å². The molecule has 1 aromatic carbocycles. The van der Waals surface area contributed by atoms with Crippen LogP contribution >= 0.6 is 0 Å². The standard InChI is InChI=1S/C21H34N2O5S/c1-8-15(2)23-29(26,27)17-11-9-16(10-12-17)19(25)28-13-18(24)22-21(6,7)14-20(3,4)5/h9-12,15,23H,8,13-14H2,1-7H3,(H,22,24)/t15-/m0/s1. The molecule has 2 N–H and O–H groups in total. The predicted octanol–water partition coefficient (Wildman–Crippen LogP) is 3.25. The number of sulfonamides is 1. The lowest BCUT2D eigenvalue weighted by Crippen LogP contribution is -2.47. The number of esters is 1. The minimum absolute atomic E-state index is 0.0410. The zero-order chi connectivity index (χ0) is 22.5. The minimum atomic E-state index is -3.64. The molecule has 1 atom stereocenters. The molecule has 0 saturated heterocycles. The van der Waals surface area contributed by atoms with E-state index in [9.17, 15) is 18.0 Å². The molecule has 1 amide bonds. The zero-order valence-corrected chi connectivity index (χ0v) is 19.3. The van der Waals surface area contributed by atoms with Gasteiger partial charge in [0.2, 0.25) is 10.0 Å². The molecule has 1 aromatic rings. The molecule has 0 saturated carbocycles. The van der Waals surface area contributed by atoms with Crippen LogP contribution in [-0.2, 0) is 19.6 Å². The second kappa shape index (κ2) is 9.71. The summed E-state index contributed by atoms with van der Waals surface area (Å²) in [7, 11) is -3.64. The van der Waals surface area contributed by atoms with E-state index < -0.39 is 28.1 Å². The van der Waals surface area contributed by atoms with Crippen LogP contribution in [-0.4, -0.2) is 38.5 Å². The van der Waals surface area contributed by atoms with E-state index in [1.165, 1.54) is 24.3 Å². The van der Waals surface area contributed by atoms with Gasteiger partial charge in [-0.05, 0) is 63.3 Å². The van der Waals surface area contributed by atoms with Crippen molar-refractivity contribution in [2.24, 2.45) is 5.41 Å². The van der Waals surface area contributed by atoms with Gasteiger partial charge in [-0.3, -0.25) is 4.79 Å². The molecule has 0 radical (unpaired) electrons. The number of carbonyl (C=O) groups is 2. The molecule has 0 heterocycles. The maximum atomic E-state index is 12.2. The van der Waals surface area contributed by atoms with Crippen molar-refractivity contribution in [1.82, 2.24) is 10.0 Å². The van der Waals surface area contributed by atoms with Gasteiger partial charge >= 0.3 is 5.97 Å². The number of benzene rings is 1. The molecule has 29 heavy (non-hydrogen) atoms. The van der Waals surface area contributed by atoms with E-state index in [2.05, 4.69) is 30.8 Å². The highest BCUT2D eigenvalue weighted by molar-refractivity contribution is 7.89. The van der Waals surface area contributed by atoms with Crippen LogP contribution in [0.1, 0.15) is 71.7 Å². The molecule has 0 aliphatic heterocycles. The number of nitrogens with one attached hydrogen (secondary N) is 2. The summed E-state index contributed by atoms with van der Waals surface area (Å²) in [6.07, 6.45) is 1.43. The highest BCUT2D eigenvalue weighted by Gasteiger charge is 2.27. The third-order valence-electron chi connectivity index (χ3n) is 4.15. The lowest BCUT2D eigenvalue weighted by Gasteiger charge is -2.33. The summed E-state index contributed by atoms with van der Waals surface area (Å²) < 4.78 is 32.1. The Morgan fingerprint density at radius 2 is 1.62 bits per heavy atom. The monoisotopic (exact) mass is 426 g/mol. The second-order valence-electron chi connectivity index (χ2n) is 9.20. The summed E-state index contributed by atoms with van der Waals surface area (Å²) in [6, 6.07) is 5.23. The predicted molar refractivity (Wildman–Crippen MR) is 113 cm³/mol. The Kier molecular flexibility index (Phi) is 8.41. The van der Waals surface area contributed by atoms with Crippen LogP contribution in [0.15, 0.2) is 29.2 Å². The first kappa shape index (κ1) is 25.1. The third-order valence-corrected chi connectivity index (χ3v) is 5.76. The van der Waals surface area contributed by atoms with Crippen LogP contribution in [0.2, 0.25) is 0 Å². The van der Waals surface area contributed by atoms with Gasteiger partial charge in [0.15, 0.2) is 6.61 Å². The molecule has 0 unspecified atom stereocenters. The van der Waals surface area contributed by atoms with Crippen molar-refractivity contribution in [3.8, 4) is 0 Å². The lowest BCUT2D eigenvalue weighted by atomic mass is 9.82. The number of amides is 1. The number of carbonyl (C=O) groups excluding carboxylic acids is 2. The maximum absolute atomic E-state index is 12.2. The van der Waals surface area contributed by atoms with Gasteiger partial charge in [-0.25, -0.2) is 17.9 Å². The average molecular weight is 427 g/mol. The van der Waals surface area contributed by atoms with E-state index >= 15 is 0 Å². The first-order valence-electron chi connectivity index (χ1n) is 9.76. The molecule has 164 valence electrons. The lowest BCUT2D eigenvalue weighted by molar-refractivity contribution is -0.126. The number of rotatable bonds is 9. The summed E-state index contributed by atoms with van der Waals surface area (Å²) in [5.74, 6) is -1.07. The summed E-state index contributed by atoms with van der Waals surface area (Å²) in [5.41, 5.74) is -0.214. The first-order valence-corrected chi connectivity index (χ1v) is 11.2. The summed E-state index contributed by atoms with van der Waals surface area (Å²) in [4.78, 5) is 24.3. The third kappa shape index (κ3) is 8.95. The van der Waals surface area contributed by atoms with Gasteiger partial charge in [0.25, 0.3) is 5.91 Å². The largest absolute Gasteiger partial charge is 0.452 e. The Balaban J connectivity index is 2.66. The fourth-order valence-corrected chi connectivity index (χ4v) is 4.51. The number of hydrogen-bond acceptors (Lipinski definition) is 5. The molecular weight excluding hydrogens is 392 g/mol. The van der Waals surface area contributed by atoms with Crippen LogP contribution in [0.5, 0.6) is 0 Å². The highest BCUT2D eigenvalue weighted by atomic mass is 32.2. The highest BCUT2D eigenvalue weighted by Crippen LogP contribution is 2.26. The average Bonchev–Trinajstić information content (AvgIpc) is 2.56. The Morgan fingerprint density at radius 1 is 1.07 bits per heavy atom. The van der Waals surface area contributed by atoms with E-state index in [1.54, 1.807) is 6.92 Å². The van der Waals surface area contributed by atoms with Crippen LogP contribution in [0.4, 0.5) is 0 Å². The van der Waals surface area contributed by atoms with Gasteiger partial charge in [-0.2, -0.15) is 0 Å². The van der Waals surface area contributed by atoms with Crippen LogP contribution < -0.4 is 10.0 Å². The van der Waals surface area contributed by atoms with E-state index in [0.29, 0.717) is 6.42 Å². The van der Waals surface area contributed by atoms with Crippen molar-refractivity contribution >= 4 is 21.9 Å². The van der Waals surface area contributed by atoms with Crippen LogP contribution in [0, 0.1) is 5.41 Å². The molecule has 0 aliphatic carbocycles. The molecule has 0 spiro atoms. The van der Waals surface area contributed by atoms with Crippen molar-refractivity contribution in [1.29, 1.82) is 0 Å². The minimum Gasteiger partial charge on any atom is -0.452 e. The summed E-state index contributed by atoms with van der Waals surface area (Å²) in [5, 5.41) is 2.87. The quantitative estimate of drug-likeness (QED) is 0.590. The topological polar surface area (TPSA) is 102 Å². The second-order valence-corrected chi connectivity index (χ2v) is 10.9. The zero-order valence-electron chi connectivity index (χ0n) is 18.5. The van der Waals surface area contributed by atoms with Gasteiger partial charge in [0.1, 0.15) is 0 Å². The maximum Gasteiger partial charge on any atom is 0.338 e. The van der Waals surface area contributed by atoms with E-state index in [-0.39, 0.29) is 27.8 Å². The van der Waals surface area contributed by atoms with E-state index in [4.69, 9.17) is 4.74 Å². The van der Waals surface area contributed by atoms with Crippen LogP contribution in [0.25, 0.3) is 0 Å². The SMILES string of the molecule is CC[C@H](C)NS(=O)(=O)c1ccc(C(=O)OCC(=O)NC(C)(C)CC(C)(C)C)cc1. The van der Waals surface area contributed by atoms with Gasteiger partial charge in [0.05, 0.1) is 10.5 Å². The molecule has 1 rings (SSSR count). The fraction of sp³-hybridized carbons (Fsp3) is 0.619. The molecule has 0 bridgehead atoms. The molecule has 8 heteroatoms. The van der Waals surface area contributed by atoms with Crippen molar-refractivity contribution in [2.75, 3.05) is 6.61 Å². The van der Waals surface area contributed by atoms with E-state index in [0.717, 1.165) is 6.42 Å². The van der Waals surface area contributed by atoms with Gasteiger partial charge in [0, 0.05) is 11.6 Å². The number of hydrogen-bond donors (Lipinski definition) is 2. The Bertz CT molecular complexity index is 808. The molecule has 0 aliphatic rings. The fourth-order valence-electron chi connectivity index (χ4n) is 3.18. The first-order chi connectivity index (χ1) is 13.1. The molecule has 7 nitrogen and oxygen atoms in total. The summed E-state index contributed by atoms with van der Waals surface area (Å²) >= 11 is 0.